The zero-order valence-corrected chi connectivity index (χ0v) is 9.59. The highest BCUT2D eigenvalue weighted by Gasteiger charge is 2.39. The van der Waals surface area contributed by atoms with Gasteiger partial charge in [0.1, 0.15) is 0 Å². The minimum absolute atomic E-state index is 0.229. The van der Waals surface area contributed by atoms with Crippen LogP contribution in [0.3, 0.4) is 0 Å². The van der Waals surface area contributed by atoms with Crippen LogP contribution in [-0.2, 0) is 14.9 Å². The van der Waals surface area contributed by atoms with Gasteiger partial charge < -0.3 is 19.3 Å². The normalized spacial score (nSPS) is 19.8. The molecule has 0 aliphatic carbocycles. The van der Waals surface area contributed by atoms with E-state index in [-0.39, 0.29) is 12.2 Å². The van der Waals surface area contributed by atoms with Gasteiger partial charge in [-0.2, -0.15) is 0 Å². The summed E-state index contributed by atoms with van der Waals surface area (Å²) in [5.74, 6) is 0.459. The standard InChI is InChI=1S/C13H12O5/c14-12(15)3-4-13(6-16-7-13)9-1-2-10-11(5-9)18-8-17-10/h1-5H,6-8H2,(H,14,15)/b4-3+. The molecule has 0 radical (unpaired) electrons. The number of aliphatic carboxylic acids is 1. The second-order valence-corrected chi connectivity index (χ2v) is 4.39. The maximum absolute atomic E-state index is 10.6. The fourth-order valence-corrected chi connectivity index (χ4v) is 2.12. The van der Waals surface area contributed by atoms with Crippen molar-refractivity contribution in [3.63, 3.8) is 0 Å². The van der Waals surface area contributed by atoms with Gasteiger partial charge in [0.05, 0.1) is 18.6 Å². The zero-order valence-electron chi connectivity index (χ0n) is 9.59. The largest absolute Gasteiger partial charge is 0.478 e. The third kappa shape index (κ3) is 1.73. The number of fused-ring (bicyclic) bond motifs is 1. The lowest BCUT2D eigenvalue weighted by Crippen LogP contribution is -2.45. The van der Waals surface area contributed by atoms with Crippen LogP contribution in [0.5, 0.6) is 11.5 Å². The molecular formula is C13H12O5. The minimum Gasteiger partial charge on any atom is -0.478 e. The molecule has 94 valence electrons. The van der Waals surface area contributed by atoms with Gasteiger partial charge in [-0.15, -0.1) is 0 Å². The van der Waals surface area contributed by atoms with E-state index >= 15 is 0 Å². The second-order valence-electron chi connectivity index (χ2n) is 4.39. The van der Waals surface area contributed by atoms with E-state index in [0.717, 1.165) is 17.4 Å². The summed E-state index contributed by atoms with van der Waals surface area (Å²) in [6.07, 6.45) is 2.84. The van der Waals surface area contributed by atoms with Gasteiger partial charge in [0, 0.05) is 6.08 Å². The maximum Gasteiger partial charge on any atom is 0.328 e. The van der Waals surface area contributed by atoms with Gasteiger partial charge in [0.25, 0.3) is 0 Å². The Bertz CT molecular complexity index is 516. The molecule has 1 fully saturated rings. The van der Waals surface area contributed by atoms with Crippen molar-refractivity contribution in [3.8, 4) is 11.5 Å². The predicted octanol–water partition coefficient (Wildman–Crippen LogP) is 1.32. The summed E-state index contributed by atoms with van der Waals surface area (Å²) in [4.78, 5) is 10.6. The number of hydrogen-bond donors (Lipinski definition) is 1. The number of ether oxygens (including phenoxy) is 3. The summed E-state index contributed by atoms with van der Waals surface area (Å²) in [7, 11) is 0. The molecule has 2 heterocycles. The van der Waals surface area contributed by atoms with Crippen LogP contribution in [0.4, 0.5) is 0 Å². The first-order valence-electron chi connectivity index (χ1n) is 5.60. The summed E-state index contributed by atoms with van der Waals surface area (Å²) in [6.45, 7) is 1.19. The molecule has 5 nitrogen and oxygen atoms in total. The molecule has 1 N–H and O–H groups in total. The van der Waals surface area contributed by atoms with E-state index in [1.807, 2.05) is 18.2 Å². The molecule has 0 saturated carbocycles. The van der Waals surface area contributed by atoms with Crippen molar-refractivity contribution in [1.82, 2.24) is 0 Å². The summed E-state index contributed by atoms with van der Waals surface area (Å²) in [5.41, 5.74) is 0.620. The summed E-state index contributed by atoms with van der Waals surface area (Å²) in [5, 5.41) is 8.73. The molecule has 0 unspecified atom stereocenters. The molecule has 0 aromatic heterocycles. The van der Waals surface area contributed by atoms with Gasteiger partial charge in [-0.05, 0) is 17.7 Å². The fourth-order valence-electron chi connectivity index (χ4n) is 2.12. The first-order chi connectivity index (χ1) is 8.70. The number of benzene rings is 1. The molecule has 0 atom stereocenters. The third-order valence-corrected chi connectivity index (χ3v) is 3.21. The Labute approximate surface area is 104 Å². The molecular weight excluding hydrogens is 236 g/mol. The highest BCUT2D eigenvalue weighted by molar-refractivity contribution is 5.80. The predicted molar refractivity (Wildman–Crippen MR) is 61.8 cm³/mol. The molecule has 2 aliphatic rings. The Kier molecular flexibility index (Phi) is 2.48. The lowest BCUT2D eigenvalue weighted by Gasteiger charge is -2.39. The quantitative estimate of drug-likeness (QED) is 0.817. The molecule has 5 heteroatoms. The molecule has 0 bridgehead atoms. The van der Waals surface area contributed by atoms with Crippen molar-refractivity contribution in [1.29, 1.82) is 0 Å². The van der Waals surface area contributed by atoms with Gasteiger partial charge in [0.2, 0.25) is 6.79 Å². The Morgan fingerprint density at radius 3 is 2.72 bits per heavy atom. The van der Waals surface area contributed by atoms with Crippen LogP contribution >= 0.6 is 0 Å². The van der Waals surface area contributed by atoms with Crippen molar-refractivity contribution >= 4 is 5.97 Å². The topological polar surface area (TPSA) is 65.0 Å². The van der Waals surface area contributed by atoms with Crippen molar-refractivity contribution in [2.24, 2.45) is 0 Å². The van der Waals surface area contributed by atoms with E-state index in [1.54, 1.807) is 6.08 Å². The van der Waals surface area contributed by atoms with Crippen LogP contribution in [-0.4, -0.2) is 31.1 Å². The van der Waals surface area contributed by atoms with E-state index in [4.69, 9.17) is 19.3 Å². The first-order valence-corrected chi connectivity index (χ1v) is 5.60. The average Bonchev–Trinajstić information content (AvgIpc) is 2.74. The Morgan fingerprint density at radius 2 is 2.06 bits per heavy atom. The van der Waals surface area contributed by atoms with Gasteiger partial charge in [0.15, 0.2) is 11.5 Å². The van der Waals surface area contributed by atoms with E-state index < -0.39 is 5.97 Å². The Hall–Kier alpha value is -2.01. The molecule has 1 aromatic carbocycles. The Balaban J connectivity index is 1.94. The number of carbonyl (C=O) groups is 1. The van der Waals surface area contributed by atoms with Crippen LogP contribution < -0.4 is 9.47 Å². The van der Waals surface area contributed by atoms with E-state index in [2.05, 4.69) is 0 Å². The van der Waals surface area contributed by atoms with Gasteiger partial charge >= 0.3 is 5.97 Å². The number of rotatable bonds is 3. The maximum atomic E-state index is 10.6. The highest BCUT2D eigenvalue weighted by atomic mass is 16.7. The first kappa shape index (κ1) is 11.1. The van der Waals surface area contributed by atoms with Crippen LogP contribution in [0.25, 0.3) is 0 Å². The molecule has 1 aromatic rings. The van der Waals surface area contributed by atoms with E-state index in [1.165, 1.54) is 0 Å². The van der Waals surface area contributed by atoms with E-state index in [0.29, 0.717) is 19.0 Å². The summed E-state index contributed by atoms with van der Waals surface area (Å²) < 4.78 is 15.8. The summed E-state index contributed by atoms with van der Waals surface area (Å²) in [6, 6.07) is 5.64. The van der Waals surface area contributed by atoms with Crippen molar-refractivity contribution in [2.75, 3.05) is 20.0 Å². The van der Waals surface area contributed by atoms with Crippen LogP contribution in [0, 0.1) is 0 Å². The average molecular weight is 248 g/mol. The molecule has 0 spiro atoms. The molecule has 2 aliphatic heterocycles. The van der Waals surface area contributed by atoms with Crippen molar-refractivity contribution in [3.05, 3.63) is 35.9 Å². The van der Waals surface area contributed by atoms with Gasteiger partial charge in [-0.1, -0.05) is 12.1 Å². The molecule has 0 amide bonds. The van der Waals surface area contributed by atoms with Crippen LogP contribution in [0.2, 0.25) is 0 Å². The number of carboxylic acid groups (broad SMARTS) is 1. The van der Waals surface area contributed by atoms with E-state index in [9.17, 15) is 4.79 Å². The lowest BCUT2D eigenvalue weighted by molar-refractivity contribution is -0.131. The second kappa shape index (κ2) is 4.03. The fraction of sp³-hybridized carbons (Fsp3) is 0.308. The lowest BCUT2D eigenvalue weighted by atomic mass is 9.78. The van der Waals surface area contributed by atoms with Gasteiger partial charge in [-0.3, -0.25) is 0 Å². The highest BCUT2D eigenvalue weighted by Crippen LogP contribution is 2.40. The SMILES string of the molecule is O=C(O)/C=C/C1(c2ccc3c(c2)OCO3)COC1. The Morgan fingerprint density at radius 1 is 1.28 bits per heavy atom. The molecule has 3 rings (SSSR count). The number of carboxylic acids is 1. The van der Waals surface area contributed by atoms with Crippen molar-refractivity contribution < 1.29 is 24.1 Å². The van der Waals surface area contributed by atoms with Crippen LogP contribution in [0.15, 0.2) is 30.4 Å². The number of hydrogen-bond acceptors (Lipinski definition) is 4. The molecule has 18 heavy (non-hydrogen) atoms. The third-order valence-electron chi connectivity index (χ3n) is 3.21. The minimum atomic E-state index is -0.956. The van der Waals surface area contributed by atoms with Gasteiger partial charge in [-0.25, -0.2) is 4.79 Å². The van der Waals surface area contributed by atoms with Crippen LogP contribution in [0.1, 0.15) is 5.56 Å². The van der Waals surface area contributed by atoms with Crippen molar-refractivity contribution in [2.45, 2.75) is 5.41 Å². The smallest absolute Gasteiger partial charge is 0.328 e. The monoisotopic (exact) mass is 248 g/mol. The zero-order chi connectivity index (χ0) is 12.6. The molecule has 1 saturated heterocycles. The summed E-state index contributed by atoms with van der Waals surface area (Å²) >= 11 is 0.